The van der Waals surface area contributed by atoms with Crippen LogP contribution in [0.3, 0.4) is 0 Å². The van der Waals surface area contributed by atoms with E-state index in [-0.39, 0.29) is 0 Å². The van der Waals surface area contributed by atoms with Crippen molar-refractivity contribution in [2.45, 2.75) is 13.8 Å². The van der Waals surface area contributed by atoms with Gasteiger partial charge in [-0.05, 0) is 0 Å². The van der Waals surface area contributed by atoms with Crippen LogP contribution in [-0.2, 0) is 4.74 Å². The van der Waals surface area contributed by atoms with Crippen molar-refractivity contribution in [2.75, 3.05) is 13.2 Å². The van der Waals surface area contributed by atoms with E-state index < -0.39 is 0 Å². The average Bonchev–Trinajstić information content (AvgIpc) is 1.94. The highest BCUT2D eigenvalue weighted by Crippen LogP contribution is 1.72. The summed E-state index contributed by atoms with van der Waals surface area (Å²) in [7, 11) is 0. The van der Waals surface area contributed by atoms with Crippen LogP contribution in [-0.4, -0.2) is 13.2 Å². The van der Waals surface area contributed by atoms with Gasteiger partial charge in [0.2, 0.25) is 0 Å². The lowest BCUT2D eigenvalue weighted by Crippen LogP contribution is -1.87. The van der Waals surface area contributed by atoms with Crippen LogP contribution >= 0.6 is 0 Å². The first-order chi connectivity index (χ1) is 4.41. The fourth-order valence-corrected chi connectivity index (χ4v) is 0.235. The van der Waals surface area contributed by atoms with Gasteiger partial charge in [0.15, 0.2) is 0 Å². The van der Waals surface area contributed by atoms with E-state index in [1.807, 2.05) is 13.8 Å². The monoisotopic (exact) mass is 128 g/mol. The van der Waals surface area contributed by atoms with Gasteiger partial charge in [-0.15, -0.1) is 13.2 Å². The van der Waals surface area contributed by atoms with E-state index >= 15 is 0 Å². The zero-order chi connectivity index (χ0) is 7.54. The summed E-state index contributed by atoms with van der Waals surface area (Å²) in [4.78, 5) is 0. The lowest BCUT2D eigenvalue weighted by Gasteiger charge is -1.89. The molecule has 0 aromatic carbocycles. The second-order valence-corrected chi connectivity index (χ2v) is 1.11. The van der Waals surface area contributed by atoms with E-state index in [1.165, 1.54) is 0 Å². The van der Waals surface area contributed by atoms with Gasteiger partial charge < -0.3 is 4.74 Å². The molecule has 0 aliphatic heterocycles. The fourth-order valence-electron chi connectivity index (χ4n) is 0.235. The molecule has 1 heteroatoms. The maximum atomic E-state index is 4.90. The van der Waals surface area contributed by atoms with E-state index in [1.54, 1.807) is 12.2 Å². The first-order valence-electron chi connectivity index (χ1n) is 3.21. The van der Waals surface area contributed by atoms with Crippen molar-refractivity contribution >= 4 is 0 Å². The molecule has 0 saturated carbocycles. The molecule has 0 bridgehead atoms. The summed E-state index contributed by atoms with van der Waals surface area (Å²) < 4.78 is 4.90. The van der Waals surface area contributed by atoms with Gasteiger partial charge in [-0.25, -0.2) is 0 Å². The SMILES string of the molecule is C=CCOCC=C.CC. The Labute approximate surface area is 58.0 Å². The van der Waals surface area contributed by atoms with Crippen LogP contribution < -0.4 is 0 Å². The van der Waals surface area contributed by atoms with Crippen molar-refractivity contribution in [3.63, 3.8) is 0 Å². The highest BCUT2D eigenvalue weighted by molar-refractivity contribution is 4.68. The van der Waals surface area contributed by atoms with E-state index in [0.29, 0.717) is 13.2 Å². The Balaban J connectivity index is 0. The molecule has 0 spiro atoms. The highest BCUT2D eigenvalue weighted by Gasteiger charge is 1.70. The summed E-state index contributed by atoms with van der Waals surface area (Å²) in [5.74, 6) is 0. The topological polar surface area (TPSA) is 9.23 Å². The van der Waals surface area contributed by atoms with Gasteiger partial charge in [0.1, 0.15) is 0 Å². The highest BCUT2D eigenvalue weighted by atomic mass is 16.5. The minimum absolute atomic E-state index is 0.617. The third-order valence-corrected chi connectivity index (χ3v) is 0.471. The third kappa shape index (κ3) is 18.6. The molecule has 0 radical (unpaired) electrons. The van der Waals surface area contributed by atoms with Crippen molar-refractivity contribution in [1.82, 2.24) is 0 Å². The van der Waals surface area contributed by atoms with Gasteiger partial charge >= 0.3 is 0 Å². The average molecular weight is 128 g/mol. The lowest BCUT2D eigenvalue weighted by molar-refractivity contribution is 0.194. The molecule has 54 valence electrons. The minimum atomic E-state index is 0.617. The maximum Gasteiger partial charge on any atom is 0.0649 e. The molecule has 0 rings (SSSR count). The van der Waals surface area contributed by atoms with Gasteiger partial charge in [0.05, 0.1) is 13.2 Å². The molecule has 0 saturated heterocycles. The molecule has 0 fully saturated rings. The Kier molecular flexibility index (Phi) is 19.6. The van der Waals surface area contributed by atoms with Gasteiger partial charge in [0.25, 0.3) is 0 Å². The molecular formula is C8H16O. The van der Waals surface area contributed by atoms with Gasteiger partial charge in [-0.2, -0.15) is 0 Å². The Morgan fingerprint density at radius 1 is 1.11 bits per heavy atom. The van der Waals surface area contributed by atoms with Crippen LogP contribution in [0, 0.1) is 0 Å². The first kappa shape index (κ1) is 11.3. The van der Waals surface area contributed by atoms with Crippen LogP contribution in [0.4, 0.5) is 0 Å². The van der Waals surface area contributed by atoms with E-state index in [2.05, 4.69) is 13.2 Å². The van der Waals surface area contributed by atoms with Crippen molar-refractivity contribution in [3.05, 3.63) is 25.3 Å². The lowest BCUT2D eigenvalue weighted by atomic mass is 10.6. The number of hydrogen-bond donors (Lipinski definition) is 0. The molecule has 9 heavy (non-hydrogen) atoms. The normalized spacial score (nSPS) is 6.89. The Morgan fingerprint density at radius 2 is 1.44 bits per heavy atom. The van der Waals surface area contributed by atoms with Gasteiger partial charge in [0, 0.05) is 0 Å². The summed E-state index contributed by atoms with van der Waals surface area (Å²) >= 11 is 0. The molecule has 0 aliphatic carbocycles. The van der Waals surface area contributed by atoms with Crippen molar-refractivity contribution in [3.8, 4) is 0 Å². The Morgan fingerprint density at radius 3 is 1.67 bits per heavy atom. The van der Waals surface area contributed by atoms with E-state index in [0.717, 1.165) is 0 Å². The second-order valence-electron chi connectivity index (χ2n) is 1.11. The molecule has 0 aromatic heterocycles. The molecule has 0 N–H and O–H groups in total. The molecule has 0 aliphatic rings. The molecular weight excluding hydrogens is 112 g/mol. The predicted molar refractivity (Wildman–Crippen MR) is 42.6 cm³/mol. The predicted octanol–water partition coefficient (Wildman–Crippen LogP) is 2.40. The van der Waals surface area contributed by atoms with Crippen LogP contribution in [0.5, 0.6) is 0 Å². The summed E-state index contributed by atoms with van der Waals surface area (Å²) in [5.41, 5.74) is 0. The molecule has 1 nitrogen and oxygen atoms in total. The molecule has 0 atom stereocenters. The van der Waals surface area contributed by atoms with E-state index in [4.69, 9.17) is 4.74 Å². The van der Waals surface area contributed by atoms with Crippen molar-refractivity contribution < 1.29 is 4.74 Å². The summed E-state index contributed by atoms with van der Waals surface area (Å²) in [6, 6.07) is 0. The standard InChI is InChI=1S/C6H10O.C2H6/c1-3-5-7-6-4-2;1-2/h3-4H,1-2,5-6H2;1-2H3. The minimum Gasteiger partial charge on any atom is -0.373 e. The van der Waals surface area contributed by atoms with Gasteiger partial charge in [-0.3, -0.25) is 0 Å². The second kappa shape index (κ2) is 15.7. The smallest absolute Gasteiger partial charge is 0.0649 e. The number of ether oxygens (including phenoxy) is 1. The van der Waals surface area contributed by atoms with Gasteiger partial charge in [-0.1, -0.05) is 26.0 Å². The molecule has 0 heterocycles. The quantitative estimate of drug-likeness (QED) is 0.417. The fraction of sp³-hybridized carbons (Fsp3) is 0.500. The molecule has 0 aromatic rings. The van der Waals surface area contributed by atoms with Crippen LogP contribution in [0.1, 0.15) is 13.8 Å². The summed E-state index contributed by atoms with van der Waals surface area (Å²) in [6.45, 7) is 12.2. The number of hydrogen-bond acceptors (Lipinski definition) is 1. The molecule has 0 unspecified atom stereocenters. The maximum absolute atomic E-state index is 4.90. The first-order valence-corrected chi connectivity index (χ1v) is 3.21. The van der Waals surface area contributed by atoms with Crippen LogP contribution in [0.25, 0.3) is 0 Å². The van der Waals surface area contributed by atoms with Crippen LogP contribution in [0.15, 0.2) is 25.3 Å². The zero-order valence-electron chi connectivity index (χ0n) is 6.39. The summed E-state index contributed by atoms with van der Waals surface area (Å²) in [5, 5.41) is 0. The Hall–Kier alpha value is -0.560. The number of rotatable bonds is 4. The largest absolute Gasteiger partial charge is 0.373 e. The molecule has 0 amide bonds. The van der Waals surface area contributed by atoms with Crippen LogP contribution in [0.2, 0.25) is 0 Å². The van der Waals surface area contributed by atoms with E-state index in [9.17, 15) is 0 Å². The third-order valence-electron chi connectivity index (χ3n) is 0.471. The van der Waals surface area contributed by atoms with Crippen molar-refractivity contribution in [1.29, 1.82) is 0 Å². The summed E-state index contributed by atoms with van der Waals surface area (Å²) in [6.07, 6.45) is 3.42. The van der Waals surface area contributed by atoms with Crippen molar-refractivity contribution in [2.24, 2.45) is 0 Å². The zero-order valence-corrected chi connectivity index (χ0v) is 6.39. The Bertz CT molecular complexity index is 49.6.